The van der Waals surface area contributed by atoms with Gasteiger partial charge in [0.05, 0.1) is 13.2 Å². The highest BCUT2D eigenvalue weighted by molar-refractivity contribution is 5.76. The number of likely N-dealkylation sites (tertiary alicyclic amines) is 1. The van der Waals surface area contributed by atoms with E-state index >= 15 is 0 Å². The van der Waals surface area contributed by atoms with Gasteiger partial charge in [0.1, 0.15) is 0 Å². The van der Waals surface area contributed by atoms with Gasteiger partial charge in [0, 0.05) is 38.6 Å². The maximum Gasteiger partial charge on any atom is 0.222 e. The molecule has 2 aliphatic rings. The highest BCUT2D eigenvalue weighted by Gasteiger charge is 2.27. The molecule has 0 bridgehead atoms. The van der Waals surface area contributed by atoms with E-state index in [1.807, 2.05) is 0 Å². The standard InChI is InChI=1S/C15H28N2O2/c1-3-13(2)12-15(18)17-6-4-14(5-7-17)16-8-10-19-11-9-16/h13-14H,3-12H2,1-2H3. The molecule has 0 aromatic rings. The highest BCUT2D eigenvalue weighted by atomic mass is 16.5. The Morgan fingerprint density at radius 1 is 1.21 bits per heavy atom. The Hall–Kier alpha value is -0.610. The van der Waals surface area contributed by atoms with Gasteiger partial charge in [-0.15, -0.1) is 0 Å². The molecular formula is C15H28N2O2. The van der Waals surface area contributed by atoms with Gasteiger partial charge in [-0.2, -0.15) is 0 Å². The SMILES string of the molecule is CCC(C)CC(=O)N1CCC(N2CCOCC2)CC1. The summed E-state index contributed by atoms with van der Waals surface area (Å²) in [5.74, 6) is 0.874. The van der Waals surface area contributed by atoms with Gasteiger partial charge in [0.25, 0.3) is 0 Å². The van der Waals surface area contributed by atoms with Crippen LogP contribution in [0.1, 0.15) is 39.5 Å². The Morgan fingerprint density at radius 2 is 1.84 bits per heavy atom. The van der Waals surface area contributed by atoms with Crippen LogP contribution in [0.25, 0.3) is 0 Å². The normalized spacial score (nSPS) is 24.4. The van der Waals surface area contributed by atoms with E-state index in [4.69, 9.17) is 4.74 Å². The molecule has 1 amide bonds. The number of nitrogens with zero attached hydrogens (tertiary/aromatic N) is 2. The number of hydrogen-bond donors (Lipinski definition) is 0. The number of amides is 1. The van der Waals surface area contributed by atoms with E-state index in [1.54, 1.807) is 0 Å². The summed E-state index contributed by atoms with van der Waals surface area (Å²) in [7, 11) is 0. The molecule has 0 aliphatic carbocycles. The molecule has 0 radical (unpaired) electrons. The summed E-state index contributed by atoms with van der Waals surface area (Å²) in [4.78, 5) is 16.8. The Morgan fingerprint density at radius 3 is 2.42 bits per heavy atom. The Kier molecular flexibility index (Phi) is 5.64. The van der Waals surface area contributed by atoms with Crippen molar-refractivity contribution < 1.29 is 9.53 Å². The molecule has 2 heterocycles. The molecule has 1 unspecified atom stereocenters. The van der Waals surface area contributed by atoms with Crippen molar-refractivity contribution >= 4 is 5.91 Å². The molecule has 4 nitrogen and oxygen atoms in total. The summed E-state index contributed by atoms with van der Waals surface area (Å²) in [6, 6.07) is 0.663. The third-order valence-electron chi connectivity index (χ3n) is 4.60. The van der Waals surface area contributed by atoms with Crippen molar-refractivity contribution in [2.24, 2.45) is 5.92 Å². The minimum absolute atomic E-state index is 0.356. The Labute approximate surface area is 117 Å². The Balaban J connectivity index is 1.73. The number of ether oxygens (including phenoxy) is 1. The van der Waals surface area contributed by atoms with Crippen molar-refractivity contribution in [3.05, 3.63) is 0 Å². The highest BCUT2D eigenvalue weighted by Crippen LogP contribution is 2.19. The van der Waals surface area contributed by atoms with Crippen LogP contribution in [0, 0.1) is 5.92 Å². The summed E-state index contributed by atoms with van der Waals surface area (Å²) < 4.78 is 5.40. The quantitative estimate of drug-likeness (QED) is 0.778. The van der Waals surface area contributed by atoms with Gasteiger partial charge >= 0.3 is 0 Å². The fourth-order valence-corrected chi connectivity index (χ4v) is 2.99. The van der Waals surface area contributed by atoms with E-state index in [9.17, 15) is 4.79 Å². The van der Waals surface area contributed by atoms with Crippen molar-refractivity contribution in [2.45, 2.75) is 45.6 Å². The third-order valence-corrected chi connectivity index (χ3v) is 4.60. The number of rotatable bonds is 4. The lowest BCUT2D eigenvalue weighted by Gasteiger charge is -2.40. The first-order valence-electron chi connectivity index (χ1n) is 7.80. The van der Waals surface area contributed by atoms with E-state index in [0.29, 0.717) is 17.9 Å². The largest absolute Gasteiger partial charge is 0.379 e. The van der Waals surface area contributed by atoms with Gasteiger partial charge in [0.2, 0.25) is 5.91 Å². The first kappa shape index (κ1) is 14.8. The van der Waals surface area contributed by atoms with Crippen LogP contribution in [-0.2, 0) is 9.53 Å². The number of hydrogen-bond acceptors (Lipinski definition) is 3. The van der Waals surface area contributed by atoms with Crippen molar-refractivity contribution in [3.8, 4) is 0 Å². The molecule has 0 spiro atoms. The maximum atomic E-state index is 12.1. The molecule has 2 saturated heterocycles. The van der Waals surface area contributed by atoms with Crippen molar-refractivity contribution in [1.82, 2.24) is 9.80 Å². The molecule has 0 N–H and O–H groups in total. The van der Waals surface area contributed by atoms with Crippen LogP contribution in [0.5, 0.6) is 0 Å². The molecule has 0 aromatic carbocycles. The van der Waals surface area contributed by atoms with Crippen LogP contribution in [-0.4, -0.2) is 61.1 Å². The van der Waals surface area contributed by atoms with Gasteiger partial charge in [0.15, 0.2) is 0 Å². The van der Waals surface area contributed by atoms with Gasteiger partial charge in [-0.05, 0) is 18.8 Å². The molecule has 0 aromatic heterocycles. The zero-order valence-electron chi connectivity index (χ0n) is 12.4. The van der Waals surface area contributed by atoms with E-state index in [0.717, 1.165) is 65.1 Å². The first-order chi connectivity index (χ1) is 9.20. The lowest BCUT2D eigenvalue weighted by atomic mass is 10.00. The van der Waals surface area contributed by atoms with Gasteiger partial charge < -0.3 is 9.64 Å². The van der Waals surface area contributed by atoms with Crippen LogP contribution in [0.4, 0.5) is 0 Å². The fourth-order valence-electron chi connectivity index (χ4n) is 2.99. The van der Waals surface area contributed by atoms with E-state index in [-0.39, 0.29) is 0 Å². The minimum Gasteiger partial charge on any atom is -0.379 e. The van der Waals surface area contributed by atoms with Crippen LogP contribution in [0.3, 0.4) is 0 Å². The second-order valence-corrected chi connectivity index (χ2v) is 5.98. The fraction of sp³-hybridized carbons (Fsp3) is 0.933. The molecule has 0 saturated carbocycles. The van der Waals surface area contributed by atoms with Gasteiger partial charge in [-0.1, -0.05) is 20.3 Å². The smallest absolute Gasteiger partial charge is 0.222 e. The molecule has 2 fully saturated rings. The van der Waals surface area contributed by atoms with Crippen molar-refractivity contribution in [1.29, 1.82) is 0 Å². The summed E-state index contributed by atoms with van der Waals surface area (Å²) in [6.45, 7) is 10.1. The molecule has 110 valence electrons. The molecule has 2 aliphatic heterocycles. The average Bonchev–Trinajstić information content (AvgIpc) is 2.48. The summed E-state index contributed by atoms with van der Waals surface area (Å²) in [6.07, 6.45) is 4.08. The number of piperidine rings is 1. The molecule has 19 heavy (non-hydrogen) atoms. The third kappa shape index (κ3) is 4.18. The van der Waals surface area contributed by atoms with Gasteiger partial charge in [-0.3, -0.25) is 9.69 Å². The number of carbonyl (C=O) groups is 1. The van der Waals surface area contributed by atoms with E-state index in [1.165, 1.54) is 0 Å². The van der Waals surface area contributed by atoms with Crippen LogP contribution in [0.15, 0.2) is 0 Å². The second-order valence-electron chi connectivity index (χ2n) is 5.98. The van der Waals surface area contributed by atoms with Crippen molar-refractivity contribution in [2.75, 3.05) is 39.4 Å². The summed E-state index contributed by atoms with van der Waals surface area (Å²) >= 11 is 0. The van der Waals surface area contributed by atoms with Crippen molar-refractivity contribution in [3.63, 3.8) is 0 Å². The molecule has 4 heteroatoms. The number of carbonyl (C=O) groups excluding carboxylic acids is 1. The van der Waals surface area contributed by atoms with Crippen LogP contribution in [0.2, 0.25) is 0 Å². The zero-order chi connectivity index (χ0) is 13.7. The number of morpholine rings is 1. The maximum absolute atomic E-state index is 12.1. The second kappa shape index (κ2) is 7.25. The molecular weight excluding hydrogens is 240 g/mol. The lowest BCUT2D eigenvalue weighted by molar-refractivity contribution is -0.134. The Bertz CT molecular complexity index is 282. The minimum atomic E-state index is 0.356. The molecule has 1 atom stereocenters. The van der Waals surface area contributed by atoms with Crippen LogP contribution >= 0.6 is 0 Å². The summed E-state index contributed by atoms with van der Waals surface area (Å²) in [5.41, 5.74) is 0. The topological polar surface area (TPSA) is 32.8 Å². The predicted octanol–water partition coefficient (Wildman–Crippen LogP) is 1.75. The summed E-state index contributed by atoms with van der Waals surface area (Å²) in [5, 5.41) is 0. The van der Waals surface area contributed by atoms with E-state index in [2.05, 4.69) is 23.6 Å². The average molecular weight is 268 g/mol. The van der Waals surface area contributed by atoms with Gasteiger partial charge in [-0.25, -0.2) is 0 Å². The van der Waals surface area contributed by atoms with E-state index < -0.39 is 0 Å². The van der Waals surface area contributed by atoms with Crippen LogP contribution < -0.4 is 0 Å². The lowest BCUT2D eigenvalue weighted by Crippen LogP contribution is -2.50. The zero-order valence-corrected chi connectivity index (χ0v) is 12.4. The monoisotopic (exact) mass is 268 g/mol. The predicted molar refractivity (Wildman–Crippen MR) is 76.1 cm³/mol. The molecule has 2 rings (SSSR count). The first-order valence-corrected chi connectivity index (χ1v) is 7.80.